The van der Waals surface area contributed by atoms with Crippen LogP contribution in [0.25, 0.3) is 0 Å². The predicted octanol–water partition coefficient (Wildman–Crippen LogP) is 2.38. The van der Waals surface area contributed by atoms with Crippen molar-refractivity contribution in [2.75, 3.05) is 32.8 Å². The van der Waals surface area contributed by atoms with Crippen molar-refractivity contribution in [3.63, 3.8) is 0 Å². The lowest BCUT2D eigenvalue weighted by atomic mass is 10.2. The van der Waals surface area contributed by atoms with E-state index in [2.05, 4.69) is 5.32 Å². The molecule has 1 amide bonds. The molecule has 0 aromatic heterocycles. The zero-order chi connectivity index (χ0) is 22.9. The number of carbonyl (C=O) groups is 2. The molecule has 168 valence electrons. The minimum Gasteiger partial charge on any atom is -0.490 e. The molecule has 0 saturated carbocycles. The number of ether oxygens (including phenoxy) is 2. The van der Waals surface area contributed by atoms with Gasteiger partial charge in [-0.05, 0) is 48.9 Å². The van der Waals surface area contributed by atoms with Crippen LogP contribution >= 0.6 is 0 Å². The van der Waals surface area contributed by atoms with Gasteiger partial charge in [-0.25, -0.2) is 8.42 Å². The molecule has 31 heavy (non-hydrogen) atoms. The van der Waals surface area contributed by atoms with Crippen molar-refractivity contribution in [1.82, 2.24) is 9.62 Å². The molecule has 0 radical (unpaired) electrons. The minimum absolute atomic E-state index is 0.0561. The first kappa shape index (κ1) is 24.4. The van der Waals surface area contributed by atoms with E-state index in [1.807, 2.05) is 31.2 Å². The Bertz CT molecular complexity index is 985. The van der Waals surface area contributed by atoms with E-state index in [0.29, 0.717) is 18.8 Å². The summed E-state index contributed by atoms with van der Waals surface area (Å²) in [6.45, 7) is 6.15. The Hall–Kier alpha value is -2.91. The Morgan fingerprint density at radius 1 is 1.00 bits per heavy atom. The highest BCUT2D eigenvalue weighted by atomic mass is 32.2. The molecule has 0 atom stereocenters. The summed E-state index contributed by atoms with van der Waals surface area (Å²) in [5.74, 6) is -0.405. The van der Waals surface area contributed by atoms with Gasteiger partial charge in [0.2, 0.25) is 10.0 Å². The van der Waals surface area contributed by atoms with Gasteiger partial charge in [0.15, 0.2) is 0 Å². The maximum Gasteiger partial charge on any atom is 0.325 e. The maximum atomic E-state index is 12.5. The fraction of sp³-hybridized carbons (Fsp3) is 0.364. The zero-order valence-electron chi connectivity index (χ0n) is 18.0. The van der Waals surface area contributed by atoms with Crippen LogP contribution in [0.2, 0.25) is 0 Å². The molecule has 9 heteroatoms. The van der Waals surface area contributed by atoms with Crippen molar-refractivity contribution in [2.45, 2.75) is 25.7 Å². The van der Waals surface area contributed by atoms with Crippen LogP contribution in [-0.2, 0) is 19.6 Å². The third kappa shape index (κ3) is 7.08. The van der Waals surface area contributed by atoms with Gasteiger partial charge in [-0.3, -0.25) is 9.59 Å². The first-order valence-corrected chi connectivity index (χ1v) is 11.5. The highest BCUT2D eigenvalue weighted by Gasteiger charge is 2.21. The van der Waals surface area contributed by atoms with E-state index < -0.39 is 21.9 Å². The summed E-state index contributed by atoms with van der Waals surface area (Å²) in [6, 6.07) is 13.1. The summed E-state index contributed by atoms with van der Waals surface area (Å²) < 4.78 is 36.8. The smallest absolute Gasteiger partial charge is 0.325 e. The number of sulfonamides is 1. The van der Waals surface area contributed by atoms with Gasteiger partial charge in [0, 0.05) is 18.7 Å². The number of aryl methyl sites for hydroxylation is 1. The molecule has 0 saturated heterocycles. The third-order valence-electron chi connectivity index (χ3n) is 4.46. The van der Waals surface area contributed by atoms with Gasteiger partial charge in [-0.15, -0.1) is 0 Å². The molecule has 2 aromatic carbocycles. The van der Waals surface area contributed by atoms with Crippen molar-refractivity contribution in [1.29, 1.82) is 0 Å². The van der Waals surface area contributed by atoms with Crippen molar-refractivity contribution in [3.8, 4) is 5.75 Å². The Morgan fingerprint density at radius 3 is 2.29 bits per heavy atom. The summed E-state index contributed by atoms with van der Waals surface area (Å²) in [5.41, 5.74) is 1.31. The molecular weight excluding hydrogens is 420 g/mol. The number of carbonyl (C=O) groups excluding carboxylic acids is 2. The van der Waals surface area contributed by atoms with E-state index >= 15 is 0 Å². The van der Waals surface area contributed by atoms with E-state index in [4.69, 9.17) is 9.47 Å². The molecular formula is C22H28N2O6S. The van der Waals surface area contributed by atoms with Gasteiger partial charge < -0.3 is 14.8 Å². The number of rotatable bonds is 11. The largest absolute Gasteiger partial charge is 0.490 e. The second-order valence-electron chi connectivity index (χ2n) is 6.68. The number of nitrogens with zero attached hydrogens (tertiary/aromatic N) is 1. The SMILES string of the molecule is CCN(CC)S(=O)(=O)c1ccc(C(=O)NCC(=O)OCCOc2cccc(C)c2)cc1. The van der Waals surface area contributed by atoms with E-state index in [1.165, 1.54) is 28.6 Å². The van der Waals surface area contributed by atoms with Crippen molar-refractivity contribution < 1.29 is 27.5 Å². The van der Waals surface area contributed by atoms with Crippen LogP contribution in [0, 0.1) is 6.92 Å². The molecule has 0 spiro atoms. The Kier molecular flexibility index (Phi) is 9.02. The fourth-order valence-electron chi connectivity index (χ4n) is 2.82. The van der Waals surface area contributed by atoms with Gasteiger partial charge in [0.05, 0.1) is 4.90 Å². The molecule has 0 heterocycles. The molecule has 1 N–H and O–H groups in total. The molecule has 0 aliphatic rings. The zero-order valence-corrected chi connectivity index (χ0v) is 18.8. The lowest BCUT2D eigenvalue weighted by Gasteiger charge is -2.18. The molecule has 0 aliphatic carbocycles. The molecule has 0 fully saturated rings. The van der Waals surface area contributed by atoms with E-state index in [0.717, 1.165) is 5.56 Å². The fourth-order valence-corrected chi connectivity index (χ4v) is 4.27. The predicted molar refractivity (Wildman–Crippen MR) is 117 cm³/mol. The lowest BCUT2D eigenvalue weighted by molar-refractivity contribution is -0.143. The monoisotopic (exact) mass is 448 g/mol. The van der Waals surface area contributed by atoms with Crippen molar-refractivity contribution >= 4 is 21.9 Å². The standard InChI is InChI=1S/C22H28N2O6S/c1-4-24(5-2)31(27,28)20-11-9-18(10-12-20)22(26)23-16-21(25)30-14-13-29-19-8-6-7-17(3)15-19/h6-12,15H,4-5,13-14,16H2,1-3H3,(H,23,26). The van der Waals surface area contributed by atoms with Gasteiger partial charge >= 0.3 is 5.97 Å². The van der Waals surface area contributed by atoms with Gasteiger partial charge in [-0.2, -0.15) is 4.31 Å². The summed E-state index contributed by atoms with van der Waals surface area (Å²) in [5, 5.41) is 2.45. The summed E-state index contributed by atoms with van der Waals surface area (Å²) in [7, 11) is -3.59. The van der Waals surface area contributed by atoms with Gasteiger partial charge in [-0.1, -0.05) is 26.0 Å². The summed E-state index contributed by atoms with van der Waals surface area (Å²) in [4.78, 5) is 24.1. The molecule has 0 unspecified atom stereocenters. The normalized spacial score (nSPS) is 11.2. The maximum absolute atomic E-state index is 12.5. The average Bonchev–Trinajstić information content (AvgIpc) is 2.76. The lowest BCUT2D eigenvalue weighted by Crippen LogP contribution is -2.32. The highest BCUT2D eigenvalue weighted by molar-refractivity contribution is 7.89. The number of amides is 1. The van der Waals surface area contributed by atoms with E-state index in [9.17, 15) is 18.0 Å². The number of benzene rings is 2. The molecule has 8 nitrogen and oxygen atoms in total. The number of esters is 1. The van der Waals surface area contributed by atoms with Crippen LogP contribution in [0.4, 0.5) is 0 Å². The van der Waals surface area contributed by atoms with Crippen LogP contribution in [0.5, 0.6) is 5.75 Å². The second kappa shape index (κ2) is 11.5. The molecule has 0 bridgehead atoms. The van der Waals surface area contributed by atoms with Crippen LogP contribution in [0.3, 0.4) is 0 Å². The van der Waals surface area contributed by atoms with Crippen molar-refractivity contribution in [3.05, 3.63) is 59.7 Å². The highest BCUT2D eigenvalue weighted by Crippen LogP contribution is 2.16. The first-order valence-electron chi connectivity index (χ1n) is 10.0. The van der Waals surface area contributed by atoms with E-state index in [-0.39, 0.29) is 30.2 Å². The molecule has 2 aromatic rings. The quantitative estimate of drug-likeness (QED) is 0.418. The minimum atomic E-state index is -3.59. The van der Waals surface area contributed by atoms with E-state index in [1.54, 1.807) is 13.8 Å². The molecule has 0 aliphatic heterocycles. The first-order chi connectivity index (χ1) is 14.8. The molecule has 2 rings (SSSR count). The second-order valence-corrected chi connectivity index (χ2v) is 8.62. The Labute approximate surface area is 183 Å². The van der Waals surface area contributed by atoms with Crippen LogP contribution < -0.4 is 10.1 Å². The summed E-state index contributed by atoms with van der Waals surface area (Å²) >= 11 is 0. The summed E-state index contributed by atoms with van der Waals surface area (Å²) in [6.07, 6.45) is 0. The number of hydrogen-bond donors (Lipinski definition) is 1. The number of nitrogens with one attached hydrogen (secondary N) is 1. The topological polar surface area (TPSA) is 102 Å². The van der Waals surface area contributed by atoms with Crippen LogP contribution in [-0.4, -0.2) is 57.4 Å². The van der Waals surface area contributed by atoms with Gasteiger partial charge in [0.25, 0.3) is 5.91 Å². The Balaban J connectivity index is 1.78. The van der Waals surface area contributed by atoms with Crippen LogP contribution in [0.15, 0.2) is 53.4 Å². The van der Waals surface area contributed by atoms with Crippen LogP contribution in [0.1, 0.15) is 29.8 Å². The average molecular weight is 449 g/mol. The number of hydrogen-bond acceptors (Lipinski definition) is 6. The van der Waals surface area contributed by atoms with Gasteiger partial charge in [0.1, 0.15) is 25.5 Å². The van der Waals surface area contributed by atoms with Crippen molar-refractivity contribution in [2.24, 2.45) is 0 Å². The Morgan fingerprint density at radius 2 is 1.68 bits per heavy atom. The third-order valence-corrected chi connectivity index (χ3v) is 6.52.